The number of hydrogen-bond donors (Lipinski definition) is 0. The number of hydrogen-bond acceptors (Lipinski definition) is 4. The second kappa shape index (κ2) is 7.89. The lowest BCUT2D eigenvalue weighted by Crippen LogP contribution is -2.05. The van der Waals surface area contributed by atoms with Crippen molar-refractivity contribution in [2.24, 2.45) is 4.99 Å². The molecule has 3 rings (SSSR count). The maximum Gasteiger partial charge on any atom is 0.363 e. The molecule has 0 aromatic heterocycles. The Hall–Kier alpha value is -0.710. The number of methoxy groups -OCH3 is 1. The molecule has 0 N–H and O–H groups in total. The normalized spacial score (nSPS) is 15.3. The van der Waals surface area contributed by atoms with Crippen molar-refractivity contribution in [2.75, 3.05) is 7.11 Å². The highest BCUT2D eigenvalue weighted by Crippen LogP contribution is 2.35. The highest BCUT2D eigenvalue weighted by atomic mass is 127. The molecule has 0 fully saturated rings. The summed E-state index contributed by atoms with van der Waals surface area (Å²) in [4.78, 5) is 16.5. The summed E-state index contributed by atoms with van der Waals surface area (Å²) in [6.45, 7) is 0. The first kappa shape index (κ1) is 19.1. The number of benzene rings is 2. The van der Waals surface area contributed by atoms with Gasteiger partial charge in [0.1, 0.15) is 5.75 Å². The summed E-state index contributed by atoms with van der Waals surface area (Å²) in [5.41, 5.74) is 1.66. The predicted molar refractivity (Wildman–Crippen MR) is 116 cm³/mol. The molecule has 0 aliphatic carbocycles. The summed E-state index contributed by atoms with van der Waals surface area (Å²) in [6, 6.07) is 9.36. The number of cyclic esters (lactones) is 1. The Morgan fingerprint density at radius 1 is 1.16 bits per heavy atom. The van der Waals surface area contributed by atoms with E-state index >= 15 is 0 Å². The Bertz CT molecular complexity index is 941. The maximum atomic E-state index is 12.2. The molecule has 0 saturated heterocycles. The first-order valence-electron chi connectivity index (χ1n) is 6.90. The van der Waals surface area contributed by atoms with E-state index in [1.54, 1.807) is 13.2 Å². The minimum atomic E-state index is -0.497. The van der Waals surface area contributed by atoms with Gasteiger partial charge in [-0.25, -0.2) is 9.79 Å². The minimum Gasteiger partial charge on any atom is -0.495 e. The number of rotatable bonds is 3. The Labute approximate surface area is 183 Å². The van der Waals surface area contributed by atoms with Gasteiger partial charge in [0.05, 0.1) is 11.6 Å². The van der Waals surface area contributed by atoms with Crippen LogP contribution in [0.1, 0.15) is 11.1 Å². The summed E-state index contributed by atoms with van der Waals surface area (Å²) in [5.74, 6) is 0.397. The minimum absolute atomic E-state index is 0.216. The lowest BCUT2D eigenvalue weighted by Gasteiger charge is -2.08. The van der Waals surface area contributed by atoms with Gasteiger partial charge < -0.3 is 9.47 Å². The van der Waals surface area contributed by atoms with Crippen molar-refractivity contribution in [3.05, 3.63) is 64.1 Å². The SMILES string of the molecule is COc1c(Br)cc(Br)cc1/C=C1\N=C(c2ccc(I)c(Br)c2)OC1=O. The molecule has 0 bridgehead atoms. The average molecular weight is 642 g/mol. The van der Waals surface area contributed by atoms with Gasteiger partial charge in [0.25, 0.3) is 0 Å². The van der Waals surface area contributed by atoms with E-state index < -0.39 is 5.97 Å². The van der Waals surface area contributed by atoms with E-state index in [1.165, 1.54) is 0 Å². The number of ether oxygens (including phenoxy) is 2. The van der Waals surface area contributed by atoms with E-state index in [1.807, 2.05) is 30.3 Å². The molecule has 1 aliphatic heterocycles. The monoisotopic (exact) mass is 639 g/mol. The van der Waals surface area contributed by atoms with Crippen LogP contribution < -0.4 is 4.74 Å². The first-order valence-corrected chi connectivity index (χ1v) is 10.4. The number of halogens is 4. The van der Waals surface area contributed by atoms with Gasteiger partial charge in [-0.1, -0.05) is 15.9 Å². The zero-order valence-corrected chi connectivity index (χ0v) is 19.6. The van der Waals surface area contributed by atoms with Crippen LogP contribution in [0.5, 0.6) is 5.75 Å². The molecule has 1 aliphatic rings. The van der Waals surface area contributed by atoms with Gasteiger partial charge in [0, 0.05) is 23.6 Å². The summed E-state index contributed by atoms with van der Waals surface area (Å²) in [6.07, 6.45) is 1.64. The van der Waals surface area contributed by atoms with Crippen LogP contribution >= 0.6 is 70.4 Å². The van der Waals surface area contributed by atoms with E-state index in [2.05, 4.69) is 75.4 Å². The lowest BCUT2D eigenvalue weighted by molar-refractivity contribution is -0.129. The van der Waals surface area contributed by atoms with E-state index in [4.69, 9.17) is 9.47 Å². The summed E-state index contributed by atoms with van der Waals surface area (Å²) >= 11 is 12.6. The number of carbonyl (C=O) groups excluding carboxylic acids is 1. The van der Waals surface area contributed by atoms with Gasteiger partial charge in [-0.3, -0.25) is 0 Å². The molecule has 2 aromatic carbocycles. The fourth-order valence-corrected chi connectivity index (χ4v) is 4.35. The number of nitrogens with zero attached hydrogens (tertiary/aromatic N) is 1. The lowest BCUT2D eigenvalue weighted by atomic mass is 10.1. The second-order valence-corrected chi connectivity index (χ2v) is 8.76. The van der Waals surface area contributed by atoms with Crippen molar-refractivity contribution in [1.29, 1.82) is 0 Å². The Balaban J connectivity index is 2.03. The van der Waals surface area contributed by atoms with Crippen LogP contribution in [-0.2, 0) is 9.53 Å². The van der Waals surface area contributed by atoms with Crippen LogP contribution in [0.4, 0.5) is 0 Å². The van der Waals surface area contributed by atoms with Crippen LogP contribution in [-0.4, -0.2) is 19.0 Å². The number of carbonyl (C=O) groups is 1. The van der Waals surface area contributed by atoms with Crippen molar-refractivity contribution in [3.63, 3.8) is 0 Å². The fourth-order valence-electron chi connectivity index (χ4n) is 2.21. The van der Waals surface area contributed by atoms with Crippen molar-refractivity contribution >= 4 is 88.3 Å². The van der Waals surface area contributed by atoms with Crippen LogP contribution in [0.25, 0.3) is 6.08 Å². The van der Waals surface area contributed by atoms with Crippen molar-refractivity contribution in [1.82, 2.24) is 0 Å². The van der Waals surface area contributed by atoms with Crippen molar-refractivity contribution < 1.29 is 14.3 Å². The third-order valence-corrected chi connectivity index (χ3v) is 6.71. The topological polar surface area (TPSA) is 47.9 Å². The fraction of sp³-hybridized carbons (Fsp3) is 0.0588. The molecule has 8 heteroatoms. The highest BCUT2D eigenvalue weighted by molar-refractivity contribution is 14.1. The average Bonchev–Trinajstić information content (AvgIpc) is 2.90. The third kappa shape index (κ3) is 4.17. The maximum absolute atomic E-state index is 12.2. The molecular formula is C17H9Br3INO3. The first-order chi connectivity index (χ1) is 11.9. The molecule has 0 radical (unpaired) electrons. The van der Waals surface area contributed by atoms with Gasteiger partial charge >= 0.3 is 5.97 Å². The Morgan fingerprint density at radius 2 is 1.92 bits per heavy atom. The Kier molecular flexibility index (Phi) is 6.02. The van der Waals surface area contributed by atoms with Gasteiger partial charge in [0.2, 0.25) is 5.90 Å². The smallest absolute Gasteiger partial charge is 0.363 e. The molecule has 0 amide bonds. The second-order valence-electron chi connectivity index (χ2n) is 4.98. The van der Waals surface area contributed by atoms with Crippen LogP contribution in [0.15, 0.2) is 54.4 Å². The van der Waals surface area contributed by atoms with Crippen LogP contribution in [0, 0.1) is 3.57 Å². The molecule has 25 heavy (non-hydrogen) atoms. The molecule has 0 saturated carbocycles. The van der Waals surface area contributed by atoms with Gasteiger partial charge in [-0.05, 0) is 90.9 Å². The number of aliphatic imine (C=N–C) groups is 1. The van der Waals surface area contributed by atoms with Crippen molar-refractivity contribution in [2.45, 2.75) is 0 Å². The molecule has 0 unspecified atom stereocenters. The molecule has 4 nitrogen and oxygen atoms in total. The molecule has 0 spiro atoms. The third-order valence-electron chi connectivity index (χ3n) is 3.32. The van der Waals surface area contributed by atoms with Crippen molar-refractivity contribution in [3.8, 4) is 5.75 Å². The van der Waals surface area contributed by atoms with E-state index in [0.29, 0.717) is 11.3 Å². The number of esters is 1. The van der Waals surface area contributed by atoms with E-state index in [9.17, 15) is 4.79 Å². The standard InChI is InChI=1S/C17H9Br3INO3/c1-24-15-9(4-10(18)7-12(15)20)6-14-17(23)25-16(22-14)8-2-3-13(21)11(19)5-8/h2-7H,1H3/b14-6-. The summed E-state index contributed by atoms with van der Waals surface area (Å²) in [5, 5.41) is 0. The van der Waals surface area contributed by atoms with Gasteiger partial charge in [0.15, 0.2) is 5.70 Å². The van der Waals surface area contributed by atoms with Crippen LogP contribution in [0.2, 0.25) is 0 Å². The predicted octanol–water partition coefficient (Wildman–Crippen LogP) is 5.93. The summed E-state index contributed by atoms with van der Waals surface area (Å²) < 4.78 is 14.3. The molecule has 1 heterocycles. The zero-order valence-electron chi connectivity index (χ0n) is 12.6. The quantitative estimate of drug-likeness (QED) is 0.237. The molecule has 2 aromatic rings. The van der Waals surface area contributed by atoms with Crippen LogP contribution in [0.3, 0.4) is 0 Å². The largest absolute Gasteiger partial charge is 0.495 e. The highest BCUT2D eigenvalue weighted by Gasteiger charge is 2.25. The van der Waals surface area contributed by atoms with Gasteiger partial charge in [-0.2, -0.15) is 0 Å². The molecule has 128 valence electrons. The summed E-state index contributed by atoms with van der Waals surface area (Å²) in [7, 11) is 1.57. The Morgan fingerprint density at radius 3 is 2.60 bits per heavy atom. The van der Waals surface area contributed by atoms with E-state index in [0.717, 1.165) is 22.6 Å². The molecule has 0 atom stereocenters. The van der Waals surface area contributed by atoms with E-state index in [-0.39, 0.29) is 11.6 Å². The molecular weight excluding hydrogens is 633 g/mol. The van der Waals surface area contributed by atoms with Gasteiger partial charge in [-0.15, -0.1) is 0 Å². The zero-order chi connectivity index (χ0) is 18.1.